The van der Waals surface area contributed by atoms with Crippen LogP contribution in [0.15, 0.2) is 18.2 Å². The van der Waals surface area contributed by atoms with E-state index in [0.29, 0.717) is 16.3 Å². The Morgan fingerprint density at radius 1 is 1.62 bits per heavy atom. The van der Waals surface area contributed by atoms with Crippen molar-refractivity contribution in [3.8, 4) is 5.75 Å². The average molecular weight is 244 g/mol. The van der Waals surface area contributed by atoms with Crippen LogP contribution < -0.4 is 21.7 Å². The highest BCUT2D eigenvalue weighted by atomic mass is 35.5. The zero-order valence-electron chi connectivity index (χ0n) is 8.87. The monoisotopic (exact) mass is 243 g/mol. The van der Waals surface area contributed by atoms with Gasteiger partial charge in [0.25, 0.3) is 0 Å². The predicted molar refractivity (Wildman–Crippen MR) is 61.9 cm³/mol. The number of benzene rings is 1. The Hall–Kier alpha value is -1.30. The van der Waals surface area contributed by atoms with E-state index >= 15 is 0 Å². The summed E-state index contributed by atoms with van der Waals surface area (Å²) in [4.78, 5) is 11.0. The lowest BCUT2D eigenvalue weighted by molar-refractivity contribution is -0.121. The summed E-state index contributed by atoms with van der Waals surface area (Å²) in [5.74, 6) is 5.28. The Morgan fingerprint density at radius 3 is 2.81 bits per heavy atom. The second-order valence-corrected chi connectivity index (χ2v) is 3.67. The number of rotatable bonds is 4. The molecule has 0 spiro atoms. The van der Waals surface area contributed by atoms with Gasteiger partial charge in [0.2, 0.25) is 5.91 Å². The van der Waals surface area contributed by atoms with Crippen LogP contribution in [-0.4, -0.2) is 13.0 Å². The van der Waals surface area contributed by atoms with Crippen LogP contribution in [-0.2, 0) is 4.79 Å². The minimum Gasteiger partial charge on any atom is -0.497 e. The average Bonchev–Trinajstić information content (AvgIpc) is 2.28. The van der Waals surface area contributed by atoms with Crippen molar-refractivity contribution in [3.63, 3.8) is 0 Å². The van der Waals surface area contributed by atoms with Gasteiger partial charge in [0, 0.05) is 17.5 Å². The molecule has 0 aromatic heterocycles. The second-order valence-electron chi connectivity index (χ2n) is 3.27. The van der Waals surface area contributed by atoms with E-state index < -0.39 is 6.04 Å². The molecule has 1 aromatic carbocycles. The zero-order valence-corrected chi connectivity index (χ0v) is 9.62. The van der Waals surface area contributed by atoms with E-state index in [4.69, 9.17) is 27.9 Å². The van der Waals surface area contributed by atoms with Crippen molar-refractivity contribution < 1.29 is 9.53 Å². The number of methoxy groups -OCH3 is 1. The van der Waals surface area contributed by atoms with Crippen LogP contribution in [0.5, 0.6) is 5.75 Å². The Bertz CT molecular complexity index is 384. The largest absolute Gasteiger partial charge is 0.497 e. The highest BCUT2D eigenvalue weighted by molar-refractivity contribution is 6.31. The molecule has 0 heterocycles. The summed E-state index contributed by atoms with van der Waals surface area (Å²) in [6.45, 7) is 0. The van der Waals surface area contributed by atoms with Crippen molar-refractivity contribution in [2.75, 3.05) is 7.11 Å². The number of hydrogen-bond donors (Lipinski definition) is 3. The van der Waals surface area contributed by atoms with Gasteiger partial charge in [-0.15, -0.1) is 0 Å². The standard InChI is InChI=1S/C10H14ClN3O2/c1-16-6-2-3-7(8(11)4-6)9(12)5-10(15)14-13/h2-4,9H,5,12-13H2,1H3,(H,14,15). The van der Waals surface area contributed by atoms with E-state index in [0.717, 1.165) is 0 Å². The first kappa shape index (κ1) is 12.8. The molecule has 0 aliphatic rings. The summed E-state index contributed by atoms with van der Waals surface area (Å²) < 4.78 is 5.01. The molecule has 1 atom stereocenters. The molecule has 5 nitrogen and oxygen atoms in total. The number of carbonyl (C=O) groups excluding carboxylic acids is 1. The summed E-state index contributed by atoms with van der Waals surface area (Å²) in [5, 5.41) is 0.469. The number of halogens is 1. The summed E-state index contributed by atoms with van der Waals surface area (Å²) in [6, 6.07) is 4.63. The van der Waals surface area contributed by atoms with E-state index in [1.54, 1.807) is 25.3 Å². The molecule has 16 heavy (non-hydrogen) atoms. The number of carbonyl (C=O) groups is 1. The quantitative estimate of drug-likeness (QED) is 0.413. The first-order chi connectivity index (χ1) is 7.58. The summed E-state index contributed by atoms with van der Waals surface area (Å²) in [7, 11) is 1.55. The van der Waals surface area contributed by atoms with Gasteiger partial charge in [-0.2, -0.15) is 0 Å². The molecule has 1 rings (SSSR count). The fraction of sp³-hybridized carbons (Fsp3) is 0.300. The number of hydrazine groups is 1. The zero-order chi connectivity index (χ0) is 12.1. The number of ether oxygens (including phenoxy) is 1. The van der Waals surface area contributed by atoms with E-state index in [9.17, 15) is 4.79 Å². The van der Waals surface area contributed by atoms with Gasteiger partial charge in [-0.05, 0) is 17.7 Å². The molecule has 0 saturated carbocycles. The van der Waals surface area contributed by atoms with Gasteiger partial charge in [0.15, 0.2) is 0 Å². The summed E-state index contributed by atoms with van der Waals surface area (Å²) >= 11 is 6.01. The first-order valence-corrected chi connectivity index (χ1v) is 5.04. The minimum atomic E-state index is -0.484. The third kappa shape index (κ3) is 3.10. The lowest BCUT2D eigenvalue weighted by Gasteiger charge is -2.13. The first-order valence-electron chi connectivity index (χ1n) is 4.67. The maximum Gasteiger partial charge on any atom is 0.235 e. The van der Waals surface area contributed by atoms with Crippen molar-refractivity contribution >= 4 is 17.5 Å². The number of nitrogens with one attached hydrogen (secondary N) is 1. The maximum absolute atomic E-state index is 11.0. The van der Waals surface area contributed by atoms with Gasteiger partial charge >= 0.3 is 0 Å². The molecule has 0 bridgehead atoms. The van der Waals surface area contributed by atoms with Crippen LogP contribution >= 0.6 is 11.6 Å². The van der Waals surface area contributed by atoms with Gasteiger partial charge in [-0.25, -0.2) is 5.84 Å². The highest BCUT2D eigenvalue weighted by Gasteiger charge is 2.14. The molecule has 1 amide bonds. The lowest BCUT2D eigenvalue weighted by atomic mass is 10.0. The van der Waals surface area contributed by atoms with Crippen molar-refractivity contribution in [3.05, 3.63) is 28.8 Å². The fourth-order valence-electron chi connectivity index (χ4n) is 1.30. The molecule has 6 heteroatoms. The minimum absolute atomic E-state index is 0.0859. The van der Waals surface area contributed by atoms with Crippen molar-refractivity contribution in [1.82, 2.24) is 5.43 Å². The number of amides is 1. The van der Waals surface area contributed by atoms with Crippen molar-refractivity contribution in [1.29, 1.82) is 0 Å². The predicted octanol–water partition coefficient (Wildman–Crippen LogP) is 0.728. The molecule has 0 fully saturated rings. The lowest BCUT2D eigenvalue weighted by Crippen LogP contribution is -2.32. The molecule has 88 valence electrons. The van der Waals surface area contributed by atoms with E-state index in [-0.39, 0.29) is 12.3 Å². The molecular weight excluding hydrogens is 230 g/mol. The molecule has 0 aliphatic carbocycles. The van der Waals surface area contributed by atoms with Crippen LogP contribution in [0.1, 0.15) is 18.0 Å². The van der Waals surface area contributed by atoms with E-state index in [1.807, 2.05) is 5.43 Å². The Labute approximate surface area is 98.7 Å². The van der Waals surface area contributed by atoms with Crippen LogP contribution in [0.2, 0.25) is 5.02 Å². The Balaban J connectivity index is 2.83. The summed E-state index contributed by atoms with van der Waals surface area (Å²) in [6.07, 6.45) is 0.0859. The van der Waals surface area contributed by atoms with Crippen molar-refractivity contribution in [2.24, 2.45) is 11.6 Å². The van der Waals surface area contributed by atoms with Crippen LogP contribution in [0.4, 0.5) is 0 Å². The van der Waals surface area contributed by atoms with E-state index in [2.05, 4.69) is 0 Å². The highest BCUT2D eigenvalue weighted by Crippen LogP contribution is 2.27. The Morgan fingerprint density at radius 2 is 2.31 bits per heavy atom. The van der Waals surface area contributed by atoms with Gasteiger partial charge in [0.05, 0.1) is 7.11 Å². The van der Waals surface area contributed by atoms with Gasteiger partial charge in [0.1, 0.15) is 5.75 Å². The van der Waals surface area contributed by atoms with E-state index in [1.165, 1.54) is 0 Å². The third-order valence-electron chi connectivity index (χ3n) is 2.17. The van der Waals surface area contributed by atoms with Crippen LogP contribution in [0, 0.1) is 0 Å². The van der Waals surface area contributed by atoms with Crippen molar-refractivity contribution in [2.45, 2.75) is 12.5 Å². The molecule has 1 unspecified atom stereocenters. The number of hydrogen-bond acceptors (Lipinski definition) is 4. The molecular formula is C10H14ClN3O2. The SMILES string of the molecule is COc1ccc(C(N)CC(=O)NN)c(Cl)c1. The summed E-state index contributed by atoms with van der Waals surface area (Å²) in [5.41, 5.74) is 8.53. The third-order valence-corrected chi connectivity index (χ3v) is 2.50. The van der Waals surface area contributed by atoms with Gasteiger partial charge in [-0.1, -0.05) is 17.7 Å². The molecule has 0 saturated heterocycles. The molecule has 5 N–H and O–H groups in total. The Kier molecular flexibility index (Phi) is 4.54. The van der Waals surface area contributed by atoms with Crippen LogP contribution in [0.25, 0.3) is 0 Å². The fourth-order valence-corrected chi connectivity index (χ4v) is 1.61. The smallest absolute Gasteiger partial charge is 0.235 e. The molecule has 1 aromatic rings. The topological polar surface area (TPSA) is 90.4 Å². The maximum atomic E-state index is 11.0. The van der Waals surface area contributed by atoms with Gasteiger partial charge < -0.3 is 10.5 Å². The van der Waals surface area contributed by atoms with Gasteiger partial charge in [-0.3, -0.25) is 10.2 Å². The number of nitrogens with two attached hydrogens (primary N) is 2. The molecule has 0 radical (unpaired) electrons. The normalized spacial score (nSPS) is 12.0. The second kappa shape index (κ2) is 5.69. The molecule has 0 aliphatic heterocycles. The van der Waals surface area contributed by atoms with Crippen LogP contribution in [0.3, 0.4) is 0 Å².